The number of rotatable bonds is 3. The Bertz CT molecular complexity index is 698. The van der Waals surface area contributed by atoms with Crippen LogP contribution in [-0.2, 0) is 17.4 Å². The number of carbonyl (C=O) groups is 1. The lowest BCUT2D eigenvalue weighted by Gasteiger charge is -2.10. The van der Waals surface area contributed by atoms with E-state index in [2.05, 4.69) is 5.32 Å². The van der Waals surface area contributed by atoms with Crippen molar-refractivity contribution in [1.82, 2.24) is 0 Å². The van der Waals surface area contributed by atoms with Crippen LogP contribution in [0.5, 0.6) is 0 Å². The molecule has 0 spiro atoms. The highest BCUT2D eigenvalue weighted by atomic mass is 35.5. The summed E-state index contributed by atoms with van der Waals surface area (Å²) in [4.78, 5) is 12.0. The Kier molecular flexibility index (Phi) is 4.76. The quantitative estimate of drug-likeness (QED) is 0.858. The van der Waals surface area contributed by atoms with Crippen LogP contribution >= 0.6 is 11.6 Å². The van der Waals surface area contributed by atoms with E-state index in [9.17, 15) is 18.0 Å². The monoisotopic (exact) mass is 327 g/mol. The van der Waals surface area contributed by atoms with Gasteiger partial charge in [-0.15, -0.1) is 0 Å². The van der Waals surface area contributed by atoms with E-state index in [0.717, 1.165) is 17.7 Å². The summed E-state index contributed by atoms with van der Waals surface area (Å²) in [5.74, 6) is -0.384. The van der Waals surface area contributed by atoms with E-state index in [1.54, 1.807) is 25.1 Å². The number of nitrogens with one attached hydrogen (secondary N) is 1. The summed E-state index contributed by atoms with van der Waals surface area (Å²) in [6.07, 6.45) is -4.55. The maximum atomic E-state index is 12.6. The third-order valence-electron chi connectivity index (χ3n) is 3.08. The molecule has 0 aliphatic carbocycles. The average Bonchev–Trinajstić information content (AvgIpc) is 2.41. The predicted molar refractivity (Wildman–Crippen MR) is 80.0 cm³/mol. The van der Waals surface area contributed by atoms with Crippen molar-refractivity contribution in [2.45, 2.75) is 19.5 Å². The van der Waals surface area contributed by atoms with Crippen LogP contribution in [0.25, 0.3) is 0 Å². The molecule has 0 aliphatic heterocycles. The number of anilines is 1. The van der Waals surface area contributed by atoms with E-state index in [4.69, 9.17) is 11.6 Å². The van der Waals surface area contributed by atoms with E-state index >= 15 is 0 Å². The summed E-state index contributed by atoms with van der Waals surface area (Å²) >= 11 is 5.82. The van der Waals surface area contributed by atoms with E-state index in [1.165, 1.54) is 12.1 Å². The van der Waals surface area contributed by atoms with Crippen molar-refractivity contribution in [3.63, 3.8) is 0 Å². The molecule has 22 heavy (non-hydrogen) atoms. The number of benzene rings is 2. The zero-order chi connectivity index (χ0) is 16.3. The number of alkyl halides is 3. The SMILES string of the molecule is Cc1cc(Cl)ccc1NC(=O)Cc1cccc(C(F)(F)F)c1. The highest BCUT2D eigenvalue weighted by molar-refractivity contribution is 6.30. The third-order valence-corrected chi connectivity index (χ3v) is 3.32. The molecule has 1 amide bonds. The number of aryl methyl sites for hydroxylation is 1. The van der Waals surface area contributed by atoms with Gasteiger partial charge in [0.25, 0.3) is 0 Å². The lowest BCUT2D eigenvalue weighted by atomic mass is 10.1. The molecule has 0 aliphatic rings. The first-order chi connectivity index (χ1) is 10.3. The standard InChI is InChI=1S/C16H13ClF3NO/c1-10-7-13(17)5-6-14(10)21-15(22)9-11-3-2-4-12(8-11)16(18,19)20/h2-8H,9H2,1H3,(H,21,22). The van der Waals surface area contributed by atoms with Crippen LogP contribution in [0.2, 0.25) is 5.02 Å². The highest BCUT2D eigenvalue weighted by Gasteiger charge is 2.30. The molecule has 6 heteroatoms. The smallest absolute Gasteiger partial charge is 0.326 e. The van der Waals surface area contributed by atoms with E-state index in [-0.39, 0.29) is 12.3 Å². The van der Waals surface area contributed by atoms with Gasteiger partial charge in [-0.3, -0.25) is 4.79 Å². The first kappa shape index (κ1) is 16.4. The van der Waals surface area contributed by atoms with Crippen molar-refractivity contribution in [1.29, 1.82) is 0 Å². The molecular weight excluding hydrogens is 315 g/mol. The van der Waals surface area contributed by atoms with Crippen molar-refractivity contribution >= 4 is 23.2 Å². The molecule has 0 radical (unpaired) electrons. The second-order valence-corrected chi connectivity index (χ2v) is 5.32. The van der Waals surface area contributed by atoms with Gasteiger partial charge in [0.15, 0.2) is 0 Å². The molecule has 116 valence electrons. The second-order valence-electron chi connectivity index (χ2n) is 4.88. The highest BCUT2D eigenvalue weighted by Crippen LogP contribution is 2.29. The fourth-order valence-corrected chi connectivity index (χ4v) is 2.23. The minimum atomic E-state index is -4.42. The number of amides is 1. The number of carbonyl (C=O) groups excluding carboxylic acids is 1. The van der Waals surface area contributed by atoms with Crippen LogP contribution in [0.15, 0.2) is 42.5 Å². The summed E-state index contributed by atoms with van der Waals surface area (Å²) in [5, 5.41) is 3.21. The normalized spacial score (nSPS) is 11.3. The van der Waals surface area contributed by atoms with E-state index in [1.807, 2.05) is 0 Å². The van der Waals surface area contributed by atoms with Gasteiger partial charge in [0, 0.05) is 10.7 Å². The van der Waals surface area contributed by atoms with Crippen molar-refractivity contribution in [2.24, 2.45) is 0 Å². The van der Waals surface area contributed by atoms with Gasteiger partial charge in [-0.25, -0.2) is 0 Å². The molecule has 0 atom stereocenters. The van der Waals surface area contributed by atoms with E-state index in [0.29, 0.717) is 16.3 Å². The van der Waals surface area contributed by atoms with Crippen LogP contribution in [0.4, 0.5) is 18.9 Å². The lowest BCUT2D eigenvalue weighted by molar-refractivity contribution is -0.137. The van der Waals surface area contributed by atoms with Gasteiger partial charge in [-0.2, -0.15) is 13.2 Å². The molecule has 2 rings (SSSR count). The topological polar surface area (TPSA) is 29.1 Å². The summed E-state index contributed by atoms with van der Waals surface area (Å²) in [7, 11) is 0. The Morgan fingerprint density at radius 1 is 1.18 bits per heavy atom. The Morgan fingerprint density at radius 3 is 2.55 bits per heavy atom. The zero-order valence-electron chi connectivity index (χ0n) is 11.7. The molecule has 0 fully saturated rings. The van der Waals surface area contributed by atoms with Crippen LogP contribution < -0.4 is 5.32 Å². The minimum Gasteiger partial charge on any atom is -0.326 e. The summed E-state index contributed by atoms with van der Waals surface area (Å²) < 4.78 is 37.9. The van der Waals surface area contributed by atoms with Crippen molar-refractivity contribution in [3.05, 3.63) is 64.2 Å². The van der Waals surface area contributed by atoms with Crippen LogP contribution in [-0.4, -0.2) is 5.91 Å². The number of hydrogen-bond donors (Lipinski definition) is 1. The number of hydrogen-bond acceptors (Lipinski definition) is 1. The minimum absolute atomic E-state index is 0.133. The molecular formula is C16H13ClF3NO. The van der Waals surface area contributed by atoms with Crippen molar-refractivity contribution in [2.75, 3.05) is 5.32 Å². The fraction of sp³-hybridized carbons (Fsp3) is 0.188. The van der Waals surface area contributed by atoms with E-state index < -0.39 is 11.7 Å². The van der Waals surface area contributed by atoms with Crippen LogP contribution in [0.1, 0.15) is 16.7 Å². The molecule has 0 unspecified atom stereocenters. The Hall–Kier alpha value is -2.01. The number of halogens is 4. The Labute approximate surface area is 130 Å². The Morgan fingerprint density at radius 2 is 1.91 bits per heavy atom. The largest absolute Gasteiger partial charge is 0.416 e. The molecule has 0 heterocycles. The molecule has 2 aromatic carbocycles. The third kappa shape index (κ3) is 4.24. The van der Waals surface area contributed by atoms with Gasteiger partial charge in [0.2, 0.25) is 5.91 Å². The molecule has 2 nitrogen and oxygen atoms in total. The summed E-state index contributed by atoms with van der Waals surface area (Å²) in [6.45, 7) is 1.78. The first-order valence-electron chi connectivity index (χ1n) is 6.48. The fourth-order valence-electron chi connectivity index (χ4n) is 2.00. The molecule has 0 bridgehead atoms. The molecule has 1 N–H and O–H groups in total. The van der Waals surface area contributed by atoms with Crippen molar-refractivity contribution < 1.29 is 18.0 Å². The Balaban J connectivity index is 2.09. The molecule has 0 saturated heterocycles. The molecule has 0 saturated carbocycles. The first-order valence-corrected chi connectivity index (χ1v) is 6.85. The van der Waals surface area contributed by atoms with Crippen LogP contribution in [0.3, 0.4) is 0 Å². The van der Waals surface area contributed by atoms with Gasteiger partial charge in [-0.05, 0) is 42.3 Å². The molecule has 0 aromatic heterocycles. The van der Waals surface area contributed by atoms with Gasteiger partial charge in [-0.1, -0.05) is 29.8 Å². The lowest BCUT2D eigenvalue weighted by Crippen LogP contribution is -2.15. The van der Waals surface area contributed by atoms with Gasteiger partial charge >= 0.3 is 6.18 Å². The van der Waals surface area contributed by atoms with Gasteiger partial charge < -0.3 is 5.32 Å². The molecule has 2 aromatic rings. The average molecular weight is 328 g/mol. The zero-order valence-corrected chi connectivity index (χ0v) is 12.4. The maximum absolute atomic E-state index is 12.6. The maximum Gasteiger partial charge on any atom is 0.416 e. The van der Waals surface area contributed by atoms with Gasteiger partial charge in [0.05, 0.1) is 12.0 Å². The summed E-state index contributed by atoms with van der Waals surface area (Å²) in [5.41, 5.74) is 0.908. The second kappa shape index (κ2) is 6.40. The predicted octanol–water partition coefficient (Wildman–Crippen LogP) is 4.85. The van der Waals surface area contributed by atoms with Crippen LogP contribution in [0, 0.1) is 6.92 Å². The van der Waals surface area contributed by atoms with Gasteiger partial charge in [0.1, 0.15) is 0 Å². The van der Waals surface area contributed by atoms with Crippen molar-refractivity contribution in [3.8, 4) is 0 Å². The summed E-state index contributed by atoms with van der Waals surface area (Å²) in [6, 6.07) is 9.72.